The fraction of sp³-hybridized carbons (Fsp3) is 0.300. The molecule has 5 nitrogen and oxygen atoms in total. The number of furan rings is 1. The molecule has 0 saturated carbocycles. The Morgan fingerprint density at radius 2 is 1.92 bits per heavy atom. The highest BCUT2D eigenvalue weighted by Gasteiger charge is 2.19. The van der Waals surface area contributed by atoms with Gasteiger partial charge in [0, 0.05) is 22.8 Å². The summed E-state index contributed by atoms with van der Waals surface area (Å²) in [6.07, 6.45) is 0. The first-order valence-electron chi connectivity index (χ1n) is 8.48. The summed E-state index contributed by atoms with van der Waals surface area (Å²) in [5, 5.41) is 8.18. The van der Waals surface area contributed by atoms with Crippen LogP contribution in [0.5, 0.6) is 0 Å². The SMILES string of the molecule is Cc1cc(CNC(=O)c2c(C)nn(Cc3ccccc3Cl)c2C)c(C)o1. The number of carbonyl (C=O) groups is 1. The van der Waals surface area contributed by atoms with Crippen molar-refractivity contribution >= 4 is 17.5 Å². The molecule has 1 amide bonds. The van der Waals surface area contributed by atoms with Gasteiger partial charge in [0.1, 0.15) is 11.5 Å². The van der Waals surface area contributed by atoms with E-state index in [0.29, 0.717) is 29.4 Å². The zero-order chi connectivity index (χ0) is 18.8. The highest BCUT2D eigenvalue weighted by Crippen LogP contribution is 2.20. The molecule has 6 heteroatoms. The van der Waals surface area contributed by atoms with Crippen molar-refractivity contribution in [1.29, 1.82) is 0 Å². The molecule has 1 N–H and O–H groups in total. The maximum atomic E-state index is 12.7. The van der Waals surface area contributed by atoms with Crippen LogP contribution in [-0.2, 0) is 13.1 Å². The van der Waals surface area contributed by atoms with Crippen LogP contribution in [0.1, 0.15) is 44.4 Å². The number of aromatic nitrogens is 2. The number of amides is 1. The van der Waals surface area contributed by atoms with Crippen molar-refractivity contribution in [3.05, 3.63) is 75.0 Å². The molecule has 0 aliphatic rings. The first kappa shape index (κ1) is 18.3. The zero-order valence-electron chi connectivity index (χ0n) is 15.4. The van der Waals surface area contributed by atoms with E-state index in [-0.39, 0.29) is 5.91 Å². The van der Waals surface area contributed by atoms with Gasteiger partial charge in [-0.2, -0.15) is 5.10 Å². The molecule has 0 fully saturated rings. The first-order valence-corrected chi connectivity index (χ1v) is 8.86. The Labute approximate surface area is 158 Å². The minimum absolute atomic E-state index is 0.135. The molecule has 2 aromatic heterocycles. The van der Waals surface area contributed by atoms with Gasteiger partial charge in [-0.25, -0.2) is 0 Å². The summed E-state index contributed by atoms with van der Waals surface area (Å²) in [7, 11) is 0. The van der Waals surface area contributed by atoms with Gasteiger partial charge in [0.05, 0.1) is 17.8 Å². The van der Waals surface area contributed by atoms with Crippen molar-refractivity contribution < 1.29 is 9.21 Å². The minimum Gasteiger partial charge on any atom is -0.466 e. The second kappa shape index (κ2) is 7.38. The van der Waals surface area contributed by atoms with Gasteiger partial charge < -0.3 is 9.73 Å². The Balaban J connectivity index is 1.78. The van der Waals surface area contributed by atoms with Crippen molar-refractivity contribution in [2.24, 2.45) is 0 Å². The number of hydrogen-bond donors (Lipinski definition) is 1. The van der Waals surface area contributed by atoms with E-state index in [1.54, 1.807) is 0 Å². The second-order valence-electron chi connectivity index (χ2n) is 6.42. The minimum atomic E-state index is -0.135. The predicted molar refractivity (Wildman–Crippen MR) is 102 cm³/mol. The van der Waals surface area contributed by atoms with Crippen molar-refractivity contribution in [2.45, 2.75) is 40.8 Å². The predicted octanol–water partition coefficient (Wildman–Crippen LogP) is 4.34. The number of halogens is 1. The number of aryl methyl sites for hydroxylation is 3. The van der Waals surface area contributed by atoms with Crippen LogP contribution in [-0.4, -0.2) is 15.7 Å². The fourth-order valence-electron chi connectivity index (χ4n) is 3.09. The number of benzene rings is 1. The Hall–Kier alpha value is -2.53. The number of rotatable bonds is 5. The molecule has 0 bridgehead atoms. The molecule has 0 saturated heterocycles. The van der Waals surface area contributed by atoms with Crippen LogP contribution in [0, 0.1) is 27.7 Å². The number of nitrogens with one attached hydrogen (secondary N) is 1. The molecule has 0 spiro atoms. The third kappa shape index (κ3) is 3.68. The molecule has 0 aliphatic carbocycles. The summed E-state index contributed by atoms with van der Waals surface area (Å²) in [6, 6.07) is 9.59. The lowest BCUT2D eigenvalue weighted by Crippen LogP contribution is -2.24. The number of carbonyl (C=O) groups excluding carboxylic acids is 1. The second-order valence-corrected chi connectivity index (χ2v) is 6.82. The lowest BCUT2D eigenvalue weighted by atomic mass is 10.1. The molecule has 2 heterocycles. The molecular weight excluding hydrogens is 350 g/mol. The molecule has 3 aromatic rings. The van der Waals surface area contributed by atoms with E-state index in [9.17, 15) is 4.79 Å². The molecule has 1 aromatic carbocycles. The van der Waals surface area contributed by atoms with Gasteiger partial charge in [0.25, 0.3) is 5.91 Å². The molecule has 3 rings (SSSR count). The van der Waals surface area contributed by atoms with Crippen LogP contribution in [0.4, 0.5) is 0 Å². The van der Waals surface area contributed by atoms with Gasteiger partial charge in [-0.3, -0.25) is 9.48 Å². The average molecular weight is 372 g/mol. The summed E-state index contributed by atoms with van der Waals surface area (Å²) in [5.74, 6) is 1.53. The van der Waals surface area contributed by atoms with Crippen LogP contribution in [0.3, 0.4) is 0 Å². The maximum Gasteiger partial charge on any atom is 0.255 e. The summed E-state index contributed by atoms with van der Waals surface area (Å²) >= 11 is 6.24. The van der Waals surface area contributed by atoms with Crippen molar-refractivity contribution in [3.63, 3.8) is 0 Å². The molecular formula is C20H22ClN3O2. The van der Waals surface area contributed by atoms with Gasteiger partial charge in [-0.1, -0.05) is 29.8 Å². The Morgan fingerprint density at radius 1 is 1.19 bits per heavy atom. The van der Waals surface area contributed by atoms with E-state index in [1.807, 2.05) is 62.7 Å². The molecule has 26 heavy (non-hydrogen) atoms. The largest absolute Gasteiger partial charge is 0.466 e. The van der Waals surface area contributed by atoms with Crippen LogP contribution < -0.4 is 5.32 Å². The quantitative estimate of drug-likeness (QED) is 0.725. The smallest absolute Gasteiger partial charge is 0.255 e. The van der Waals surface area contributed by atoms with E-state index < -0.39 is 0 Å². The Kier molecular flexibility index (Phi) is 5.18. The standard InChI is InChI=1S/C20H22ClN3O2/c1-12-9-17(15(4)26-12)10-22-20(25)19-13(2)23-24(14(19)3)11-16-7-5-6-8-18(16)21/h5-9H,10-11H2,1-4H3,(H,22,25). The van der Waals surface area contributed by atoms with Crippen molar-refractivity contribution in [1.82, 2.24) is 15.1 Å². The third-order valence-corrected chi connectivity index (χ3v) is 4.84. The summed E-state index contributed by atoms with van der Waals surface area (Å²) in [5.41, 5.74) is 4.08. The van der Waals surface area contributed by atoms with Crippen LogP contribution in [0.15, 0.2) is 34.7 Å². The molecule has 0 radical (unpaired) electrons. The Morgan fingerprint density at radius 3 is 2.58 bits per heavy atom. The van der Waals surface area contributed by atoms with Gasteiger partial charge >= 0.3 is 0 Å². The van der Waals surface area contributed by atoms with Gasteiger partial charge in [-0.05, 0) is 45.4 Å². The third-order valence-electron chi connectivity index (χ3n) is 4.47. The molecule has 0 aliphatic heterocycles. The molecule has 136 valence electrons. The van der Waals surface area contributed by atoms with E-state index in [1.165, 1.54) is 0 Å². The number of nitrogens with zero attached hydrogens (tertiary/aromatic N) is 2. The summed E-state index contributed by atoms with van der Waals surface area (Å²) < 4.78 is 7.32. The van der Waals surface area contributed by atoms with E-state index >= 15 is 0 Å². The van der Waals surface area contributed by atoms with Crippen molar-refractivity contribution in [3.8, 4) is 0 Å². The lowest BCUT2D eigenvalue weighted by molar-refractivity contribution is 0.0949. The highest BCUT2D eigenvalue weighted by molar-refractivity contribution is 6.31. The first-order chi connectivity index (χ1) is 12.4. The average Bonchev–Trinajstić information content (AvgIpc) is 3.05. The van der Waals surface area contributed by atoms with Crippen LogP contribution in [0.2, 0.25) is 5.02 Å². The lowest BCUT2D eigenvalue weighted by Gasteiger charge is -2.08. The van der Waals surface area contributed by atoms with E-state index in [2.05, 4.69) is 10.4 Å². The molecule has 0 atom stereocenters. The number of hydrogen-bond acceptors (Lipinski definition) is 3. The van der Waals surface area contributed by atoms with Crippen LogP contribution >= 0.6 is 11.6 Å². The van der Waals surface area contributed by atoms with Gasteiger partial charge in [0.2, 0.25) is 0 Å². The highest BCUT2D eigenvalue weighted by atomic mass is 35.5. The normalized spacial score (nSPS) is 11.0. The van der Waals surface area contributed by atoms with Gasteiger partial charge in [-0.15, -0.1) is 0 Å². The fourth-order valence-corrected chi connectivity index (χ4v) is 3.29. The Bertz CT molecular complexity index is 956. The van der Waals surface area contributed by atoms with Crippen molar-refractivity contribution in [2.75, 3.05) is 0 Å². The zero-order valence-corrected chi connectivity index (χ0v) is 16.1. The van der Waals surface area contributed by atoms with E-state index in [0.717, 1.165) is 28.3 Å². The summed E-state index contributed by atoms with van der Waals surface area (Å²) in [4.78, 5) is 12.7. The van der Waals surface area contributed by atoms with Crippen LogP contribution in [0.25, 0.3) is 0 Å². The topological polar surface area (TPSA) is 60.1 Å². The summed E-state index contributed by atoms with van der Waals surface area (Å²) in [6.45, 7) is 8.49. The molecule has 0 unspecified atom stereocenters. The van der Waals surface area contributed by atoms with Gasteiger partial charge in [0.15, 0.2) is 0 Å². The monoisotopic (exact) mass is 371 g/mol. The maximum absolute atomic E-state index is 12.7. The van der Waals surface area contributed by atoms with E-state index in [4.69, 9.17) is 16.0 Å².